The van der Waals surface area contributed by atoms with Crippen molar-refractivity contribution in [1.82, 2.24) is 9.88 Å². The lowest BCUT2D eigenvalue weighted by atomic mass is 10.3. The Morgan fingerprint density at radius 2 is 2.20 bits per heavy atom. The quantitative estimate of drug-likeness (QED) is 0.831. The number of fused-ring (bicyclic) bond motifs is 1. The molecule has 0 amide bonds. The van der Waals surface area contributed by atoms with Crippen molar-refractivity contribution in [3.63, 3.8) is 0 Å². The predicted molar refractivity (Wildman–Crippen MR) is 60.9 cm³/mol. The van der Waals surface area contributed by atoms with Gasteiger partial charge in [-0.3, -0.25) is 0 Å². The second-order valence-corrected chi connectivity index (χ2v) is 3.78. The van der Waals surface area contributed by atoms with Crippen molar-refractivity contribution in [2.24, 2.45) is 0 Å². The van der Waals surface area contributed by atoms with E-state index in [4.69, 9.17) is 4.42 Å². The number of hydrogen-bond donors (Lipinski definition) is 1. The zero-order valence-corrected chi connectivity index (χ0v) is 9.24. The van der Waals surface area contributed by atoms with Crippen LogP contribution in [0, 0.1) is 0 Å². The minimum atomic E-state index is 0.726. The van der Waals surface area contributed by atoms with E-state index in [1.807, 2.05) is 44.2 Å². The van der Waals surface area contributed by atoms with Crippen molar-refractivity contribution in [1.29, 1.82) is 0 Å². The third-order valence-corrected chi connectivity index (χ3v) is 2.17. The molecule has 0 saturated heterocycles. The number of aromatic nitrogens is 1. The Bertz CT molecular complexity index is 462. The molecule has 0 radical (unpaired) electrons. The Hall–Kier alpha value is -1.55. The second-order valence-electron chi connectivity index (χ2n) is 3.78. The number of anilines is 1. The fourth-order valence-corrected chi connectivity index (χ4v) is 1.47. The summed E-state index contributed by atoms with van der Waals surface area (Å²) in [7, 11) is 5.88. The van der Waals surface area contributed by atoms with Gasteiger partial charge in [0.25, 0.3) is 0 Å². The number of benzene rings is 1. The molecule has 0 spiro atoms. The minimum Gasteiger partial charge on any atom is -0.439 e. The fourth-order valence-electron chi connectivity index (χ4n) is 1.47. The van der Waals surface area contributed by atoms with Crippen molar-refractivity contribution < 1.29 is 4.42 Å². The summed E-state index contributed by atoms with van der Waals surface area (Å²) < 4.78 is 5.60. The van der Waals surface area contributed by atoms with Crippen LogP contribution in [0.3, 0.4) is 0 Å². The van der Waals surface area contributed by atoms with E-state index in [1.54, 1.807) is 0 Å². The summed E-state index contributed by atoms with van der Waals surface area (Å²) in [5, 5.41) is 3.08. The first-order valence-electron chi connectivity index (χ1n) is 4.91. The molecular formula is C11H15N3O. The van der Waals surface area contributed by atoms with Gasteiger partial charge in [-0.1, -0.05) is 0 Å². The first-order valence-corrected chi connectivity index (χ1v) is 4.91. The van der Waals surface area contributed by atoms with Gasteiger partial charge < -0.3 is 14.6 Å². The fraction of sp³-hybridized carbons (Fsp3) is 0.364. The molecule has 1 aromatic heterocycles. The maximum Gasteiger partial charge on any atom is 0.209 e. The smallest absolute Gasteiger partial charge is 0.209 e. The van der Waals surface area contributed by atoms with Gasteiger partial charge in [-0.2, -0.15) is 0 Å². The molecule has 0 bridgehead atoms. The molecule has 0 unspecified atom stereocenters. The largest absolute Gasteiger partial charge is 0.439 e. The molecule has 1 heterocycles. The van der Waals surface area contributed by atoms with E-state index in [0.29, 0.717) is 0 Å². The average Bonchev–Trinajstić information content (AvgIpc) is 2.57. The molecule has 0 atom stereocenters. The Morgan fingerprint density at radius 1 is 1.40 bits per heavy atom. The summed E-state index contributed by atoms with van der Waals surface area (Å²) in [4.78, 5) is 6.44. The van der Waals surface area contributed by atoms with Crippen molar-refractivity contribution in [3.8, 4) is 0 Å². The van der Waals surface area contributed by atoms with Gasteiger partial charge in [0.05, 0.1) is 6.54 Å². The van der Waals surface area contributed by atoms with Crippen LogP contribution in [0.5, 0.6) is 0 Å². The molecule has 1 N–H and O–H groups in total. The number of nitrogens with zero attached hydrogens (tertiary/aromatic N) is 2. The van der Waals surface area contributed by atoms with E-state index >= 15 is 0 Å². The molecular weight excluding hydrogens is 190 g/mol. The SMILES string of the molecule is CNc1ccc2oc(CN(C)C)nc2c1. The van der Waals surface area contributed by atoms with Crippen LogP contribution in [-0.2, 0) is 6.54 Å². The van der Waals surface area contributed by atoms with Crippen LogP contribution in [0.4, 0.5) is 5.69 Å². The summed E-state index contributed by atoms with van der Waals surface area (Å²) in [6, 6.07) is 5.90. The normalized spacial score (nSPS) is 11.2. The Morgan fingerprint density at radius 3 is 2.87 bits per heavy atom. The lowest BCUT2D eigenvalue weighted by Crippen LogP contribution is -2.10. The molecule has 4 heteroatoms. The highest BCUT2D eigenvalue weighted by atomic mass is 16.3. The number of nitrogens with one attached hydrogen (secondary N) is 1. The van der Waals surface area contributed by atoms with E-state index in [9.17, 15) is 0 Å². The van der Waals surface area contributed by atoms with E-state index in [-0.39, 0.29) is 0 Å². The van der Waals surface area contributed by atoms with Crippen molar-refractivity contribution in [3.05, 3.63) is 24.1 Å². The maximum absolute atomic E-state index is 5.60. The number of rotatable bonds is 3. The summed E-state index contributed by atoms with van der Waals surface area (Å²) in [6.07, 6.45) is 0. The summed E-state index contributed by atoms with van der Waals surface area (Å²) >= 11 is 0. The monoisotopic (exact) mass is 205 g/mol. The van der Waals surface area contributed by atoms with Gasteiger partial charge in [-0.15, -0.1) is 0 Å². The second kappa shape index (κ2) is 3.90. The van der Waals surface area contributed by atoms with E-state index in [2.05, 4.69) is 10.3 Å². The molecule has 0 aliphatic carbocycles. The minimum absolute atomic E-state index is 0.726. The summed E-state index contributed by atoms with van der Waals surface area (Å²) in [6.45, 7) is 0.726. The van der Waals surface area contributed by atoms with Gasteiger partial charge >= 0.3 is 0 Å². The summed E-state index contributed by atoms with van der Waals surface area (Å²) in [5.74, 6) is 0.753. The molecule has 4 nitrogen and oxygen atoms in total. The first-order chi connectivity index (χ1) is 7.19. The van der Waals surface area contributed by atoms with Crippen molar-refractivity contribution in [2.45, 2.75) is 6.54 Å². The highest BCUT2D eigenvalue weighted by Crippen LogP contribution is 2.19. The first kappa shape index (κ1) is 9.98. The Labute approximate surface area is 88.9 Å². The molecule has 0 saturated carbocycles. The standard InChI is InChI=1S/C11H15N3O/c1-12-8-4-5-10-9(6-8)13-11(15-10)7-14(2)3/h4-6,12H,7H2,1-3H3. The number of hydrogen-bond acceptors (Lipinski definition) is 4. The van der Waals surface area contributed by atoms with E-state index in [1.165, 1.54) is 0 Å². The van der Waals surface area contributed by atoms with Crippen LogP contribution >= 0.6 is 0 Å². The molecule has 80 valence electrons. The van der Waals surface area contributed by atoms with E-state index < -0.39 is 0 Å². The van der Waals surface area contributed by atoms with Gasteiger partial charge in [-0.25, -0.2) is 4.98 Å². The zero-order valence-electron chi connectivity index (χ0n) is 9.24. The van der Waals surface area contributed by atoms with Crippen molar-refractivity contribution >= 4 is 16.8 Å². The van der Waals surface area contributed by atoms with Gasteiger partial charge in [0.2, 0.25) is 5.89 Å². The maximum atomic E-state index is 5.60. The average molecular weight is 205 g/mol. The number of oxazole rings is 1. The van der Waals surface area contributed by atoms with E-state index in [0.717, 1.165) is 29.2 Å². The van der Waals surface area contributed by atoms with Crippen molar-refractivity contribution in [2.75, 3.05) is 26.5 Å². The zero-order chi connectivity index (χ0) is 10.8. The van der Waals surface area contributed by atoms with Crippen LogP contribution in [0.25, 0.3) is 11.1 Å². The van der Waals surface area contributed by atoms with Gasteiger partial charge in [-0.05, 0) is 32.3 Å². The van der Waals surface area contributed by atoms with Crippen LogP contribution in [0.1, 0.15) is 5.89 Å². The molecule has 0 aliphatic heterocycles. The molecule has 15 heavy (non-hydrogen) atoms. The molecule has 0 aliphatic rings. The lowest BCUT2D eigenvalue weighted by Gasteiger charge is -2.03. The molecule has 0 fully saturated rings. The van der Waals surface area contributed by atoms with Crippen LogP contribution in [0.2, 0.25) is 0 Å². The van der Waals surface area contributed by atoms with Crippen LogP contribution in [0.15, 0.2) is 22.6 Å². The lowest BCUT2D eigenvalue weighted by molar-refractivity contribution is 0.349. The van der Waals surface area contributed by atoms with Crippen LogP contribution < -0.4 is 5.32 Å². The van der Waals surface area contributed by atoms with Crippen LogP contribution in [-0.4, -0.2) is 31.0 Å². The highest BCUT2D eigenvalue weighted by molar-refractivity contribution is 5.77. The summed E-state index contributed by atoms with van der Waals surface area (Å²) in [5.41, 5.74) is 2.79. The Kier molecular flexibility index (Phi) is 2.60. The topological polar surface area (TPSA) is 41.3 Å². The van der Waals surface area contributed by atoms with Gasteiger partial charge in [0.15, 0.2) is 5.58 Å². The Balaban J connectivity index is 2.37. The van der Waals surface area contributed by atoms with Gasteiger partial charge in [0.1, 0.15) is 5.52 Å². The molecule has 2 rings (SSSR count). The molecule has 1 aromatic carbocycles. The third kappa shape index (κ3) is 2.10. The highest BCUT2D eigenvalue weighted by Gasteiger charge is 2.06. The molecule has 2 aromatic rings. The van der Waals surface area contributed by atoms with Gasteiger partial charge in [0, 0.05) is 12.7 Å². The predicted octanol–water partition coefficient (Wildman–Crippen LogP) is 1.93. The third-order valence-electron chi connectivity index (χ3n) is 2.17.